The molecule has 4 rings (SSSR count). The summed E-state index contributed by atoms with van der Waals surface area (Å²) in [5.74, 6) is 0.948. The van der Waals surface area contributed by atoms with Crippen LogP contribution in [0.2, 0.25) is 0 Å². The number of hydrogen-bond donors (Lipinski definition) is 0. The number of benzene rings is 1. The molecule has 0 N–H and O–H groups in total. The van der Waals surface area contributed by atoms with Gasteiger partial charge >= 0.3 is 0 Å². The Labute approximate surface area is 146 Å². The van der Waals surface area contributed by atoms with E-state index in [0.29, 0.717) is 0 Å². The Bertz CT molecular complexity index is 841. The molecule has 1 aliphatic heterocycles. The van der Waals surface area contributed by atoms with Gasteiger partial charge in [0.1, 0.15) is 17.8 Å². The molecular weight excluding hydrogens is 318 g/mol. The summed E-state index contributed by atoms with van der Waals surface area (Å²) in [6.07, 6.45) is 3.30. The quantitative estimate of drug-likeness (QED) is 0.706. The van der Waals surface area contributed by atoms with Gasteiger partial charge < -0.3 is 9.80 Å². The Morgan fingerprint density at radius 1 is 1.12 bits per heavy atom. The van der Waals surface area contributed by atoms with E-state index in [1.165, 1.54) is 5.69 Å². The van der Waals surface area contributed by atoms with Gasteiger partial charge in [-0.1, -0.05) is 10.3 Å². The SMILES string of the molecule is CN(C)c1ncnc2ccc(N3CCN(Cc4cnon4)CC3)cc12. The minimum atomic E-state index is 0.785. The highest BCUT2D eigenvalue weighted by Crippen LogP contribution is 2.27. The lowest BCUT2D eigenvalue weighted by Crippen LogP contribution is -2.46. The number of fused-ring (bicyclic) bond motifs is 1. The lowest BCUT2D eigenvalue weighted by Gasteiger charge is -2.35. The van der Waals surface area contributed by atoms with Crippen LogP contribution in [0.15, 0.2) is 35.4 Å². The molecule has 2 aromatic heterocycles. The molecule has 1 fully saturated rings. The van der Waals surface area contributed by atoms with Crippen molar-refractivity contribution in [3.8, 4) is 0 Å². The zero-order chi connectivity index (χ0) is 17.2. The van der Waals surface area contributed by atoms with Gasteiger partial charge in [-0.2, -0.15) is 0 Å². The molecule has 0 bridgehead atoms. The highest BCUT2D eigenvalue weighted by Gasteiger charge is 2.19. The second-order valence-electron chi connectivity index (χ2n) is 6.46. The molecule has 8 heteroatoms. The van der Waals surface area contributed by atoms with Gasteiger partial charge in [0.2, 0.25) is 0 Å². The first-order valence-electron chi connectivity index (χ1n) is 8.36. The molecule has 0 unspecified atom stereocenters. The smallest absolute Gasteiger partial charge is 0.139 e. The first-order chi connectivity index (χ1) is 12.2. The van der Waals surface area contributed by atoms with Gasteiger partial charge in [0.15, 0.2) is 0 Å². The first kappa shape index (κ1) is 15.8. The molecule has 3 aromatic rings. The monoisotopic (exact) mass is 339 g/mol. The van der Waals surface area contributed by atoms with Crippen LogP contribution < -0.4 is 9.80 Å². The number of hydrogen-bond acceptors (Lipinski definition) is 8. The van der Waals surface area contributed by atoms with Crippen LogP contribution in [0.5, 0.6) is 0 Å². The van der Waals surface area contributed by atoms with Crippen molar-refractivity contribution in [3.05, 3.63) is 36.4 Å². The van der Waals surface area contributed by atoms with Gasteiger partial charge in [0, 0.05) is 57.9 Å². The third-order valence-corrected chi connectivity index (χ3v) is 4.55. The number of nitrogens with zero attached hydrogens (tertiary/aromatic N) is 7. The summed E-state index contributed by atoms with van der Waals surface area (Å²) in [6, 6.07) is 6.42. The van der Waals surface area contributed by atoms with Crippen LogP contribution in [0.4, 0.5) is 11.5 Å². The minimum absolute atomic E-state index is 0.785. The lowest BCUT2D eigenvalue weighted by molar-refractivity contribution is 0.237. The molecule has 1 aliphatic rings. The second kappa shape index (κ2) is 6.64. The van der Waals surface area contributed by atoms with Crippen molar-refractivity contribution in [1.82, 2.24) is 25.2 Å². The zero-order valence-electron chi connectivity index (χ0n) is 14.5. The lowest BCUT2D eigenvalue weighted by atomic mass is 10.1. The van der Waals surface area contributed by atoms with Crippen LogP contribution in [-0.2, 0) is 6.54 Å². The molecule has 0 amide bonds. The Kier molecular flexibility index (Phi) is 4.19. The van der Waals surface area contributed by atoms with E-state index >= 15 is 0 Å². The summed E-state index contributed by atoms with van der Waals surface area (Å²) < 4.78 is 4.66. The maximum absolute atomic E-state index is 4.66. The van der Waals surface area contributed by atoms with E-state index in [1.807, 2.05) is 19.0 Å². The molecule has 1 saturated heterocycles. The standard InChI is InChI=1S/C17H21N7O/c1-22(2)17-15-9-14(3-4-16(15)18-12-19-17)24-7-5-23(6-8-24)11-13-10-20-25-21-13/h3-4,9-10,12H,5-8,11H2,1-2H3. The number of piperazine rings is 1. The van der Waals surface area contributed by atoms with Crippen LogP contribution in [0.1, 0.15) is 5.69 Å². The maximum atomic E-state index is 4.66. The van der Waals surface area contributed by atoms with Gasteiger partial charge in [-0.3, -0.25) is 4.90 Å². The maximum Gasteiger partial charge on any atom is 0.139 e. The fourth-order valence-corrected chi connectivity index (χ4v) is 3.23. The van der Waals surface area contributed by atoms with Crippen LogP contribution >= 0.6 is 0 Å². The van der Waals surface area contributed by atoms with Crippen molar-refractivity contribution >= 4 is 22.4 Å². The normalized spacial score (nSPS) is 15.7. The van der Waals surface area contributed by atoms with Crippen molar-refractivity contribution < 1.29 is 4.63 Å². The zero-order valence-corrected chi connectivity index (χ0v) is 14.5. The van der Waals surface area contributed by atoms with Gasteiger partial charge in [0.05, 0.1) is 11.7 Å². The fourth-order valence-electron chi connectivity index (χ4n) is 3.23. The van der Waals surface area contributed by atoms with E-state index in [4.69, 9.17) is 0 Å². The molecule has 0 aliphatic carbocycles. The van der Waals surface area contributed by atoms with Crippen LogP contribution in [0.25, 0.3) is 10.9 Å². The summed E-state index contributed by atoms with van der Waals surface area (Å²) in [5.41, 5.74) is 3.07. The largest absolute Gasteiger partial charge is 0.369 e. The predicted molar refractivity (Wildman–Crippen MR) is 95.7 cm³/mol. The van der Waals surface area contributed by atoms with E-state index < -0.39 is 0 Å². The molecule has 0 spiro atoms. The van der Waals surface area contributed by atoms with Crippen molar-refractivity contribution in [2.45, 2.75) is 6.54 Å². The van der Waals surface area contributed by atoms with E-state index in [1.54, 1.807) is 12.5 Å². The topological polar surface area (TPSA) is 74.4 Å². The summed E-state index contributed by atoms with van der Waals surface area (Å²) >= 11 is 0. The van der Waals surface area contributed by atoms with E-state index in [2.05, 4.69) is 52.9 Å². The molecule has 130 valence electrons. The first-order valence-corrected chi connectivity index (χ1v) is 8.36. The molecule has 0 atom stereocenters. The molecule has 8 nitrogen and oxygen atoms in total. The van der Waals surface area contributed by atoms with Crippen molar-refractivity contribution in [2.24, 2.45) is 0 Å². The molecular formula is C17H21N7O. The van der Waals surface area contributed by atoms with Crippen molar-refractivity contribution in [3.63, 3.8) is 0 Å². The molecule has 0 radical (unpaired) electrons. The molecule has 0 saturated carbocycles. The number of anilines is 2. The Morgan fingerprint density at radius 2 is 1.96 bits per heavy atom. The van der Waals surface area contributed by atoms with Gasteiger partial charge in [0.25, 0.3) is 0 Å². The van der Waals surface area contributed by atoms with Crippen molar-refractivity contribution in [2.75, 3.05) is 50.1 Å². The van der Waals surface area contributed by atoms with Crippen LogP contribution in [0.3, 0.4) is 0 Å². The van der Waals surface area contributed by atoms with E-state index in [0.717, 1.165) is 55.1 Å². The second-order valence-corrected chi connectivity index (χ2v) is 6.46. The van der Waals surface area contributed by atoms with Gasteiger partial charge in [-0.05, 0) is 18.2 Å². The number of aromatic nitrogens is 4. The predicted octanol–water partition coefficient (Wildman–Crippen LogP) is 1.40. The fraction of sp³-hybridized carbons (Fsp3) is 0.412. The highest BCUT2D eigenvalue weighted by molar-refractivity contribution is 5.91. The summed E-state index contributed by atoms with van der Waals surface area (Å²) in [7, 11) is 4.01. The third-order valence-electron chi connectivity index (χ3n) is 4.55. The van der Waals surface area contributed by atoms with Crippen LogP contribution in [0, 0.1) is 0 Å². The molecule has 1 aromatic carbocycles. The third kappa shape index (κ3) is 3.25. The number of rotatable bonds is 4. The van der Waals surface area contributed by atoms with E-state index in [9.17, 15) is 0 Å². The Balaban J connectivity index is 1.50. The summed E-state index contributed by atoms with van der Waals surface area (Å²) in [4.78, 5) is 15.6. The van der Waals surface area contributed by atoms with Crippen LogP contribution in [-0.4, -0.2) is 65.5 Å². The Morgan fingerprint density at radius 3 is 2.68 bits per heavy atom. The van der Waals surface area contributed by atoms with E-state index in [-0.39, 0.29) is 0 Å². The van der Waals surface area contributed by atoms with Gasteiger partial charge in [-0.15, -0.1) is 0 Å². The Hall–Kier alpha value is -2.74. The van der Waals surface area contributed by atoms with Gasteiger partial charge in [-0.25, -0.2) is 14.6 Å². The average Bonchev–Trinajstić information content (AvgIpc) is 3.14. The van der Waals surface area contributed by atoms with Crippen molar-refractivity contribution in [1.29, 1.82) is 0 Å². The minimum Gasteiger partial charge on any atom is -0.369 e. The molecule has 25 heavy (non-hydrogen) atoms. The average molecular weight is 339 g/mol. The molecule has 3 heterocycles. The summed E-state index contributed by atoms with van der Waals surface area (Å²) in [6.45, 7) is 4.70. The summed E-state index contributed by atoms with van der Waals surface area (Å²) in [5, 5.41) is 8.63. The highest BCUT2D eigenvalue weighted by atomic mass is 16.6.